The second-order valence-corrected chi connectivity index (χ2v) is 6.99. The minimum atomic E-state index is -4.14. The Kier molecular flexibility index (Phi) is 7.77. The molecule has 0 aliphatic carbocycles. The van der Waals surface area contributed by atoms with E-state index in [1.807, 2.05) is 35.9 Å². The molecule has 0 bridgehead atoms. The molecule has 7 heteroatoms. The van der Waals surface area contributed by atoms with Gasteiger partial charge in [-0.05, 0) is 62.9 Å². The van der Waals surface area contributed by atoms with Crippen molar-refractivity contribution < 1.29 is 13.2 Å². The van der Waals surface area contributed by atoms with Gasteiger partial charge in [0.15, 0.2) is 0 Å². The van der Waals surface area contributed by atoms with Gasteiger partial charge in [0.05, 0.1) is 35.9 Å². The molecular formula is C22H25F3N4. The van der Waals surface area contributed by atoms with Crippen LogP contribution < -0.4 is 0 Å². The zero-order chi connectivity index (χ0) is 21.4. The summed E-state index contributed by atoms with van der Waals surface area (Å²) in [5, 5.41) is 9.09. The number of hydrogen-bond acceptors (Lipinski definition) is 3. The largest absolute Gasteiger partial charge is 0.389 e. The van der Waals surface area contributed by atoms with E-state index in [0.29, 0.717) is 17.8 Å². The smallest absolute Gasteiger partial charge is 0.306 e. The fraction of sp³-hybridized carbons (Fsp3) is 0.409. The summed E-state index contributed by atoms with van der Waals surface area (Å²) in [4.78, 5) is 8.82. The van der Waals surface area contributed by atoms with Crippen molar-refractivity contribution in [2.24, 2.45) is 4.99 Å². The van der Waals surface area contributed by atoms with E-state index in [4.69, 9.17) is 5.26 Å². The van der Waals surface area contributed by atoms with Crippen LogP contribution in [0, 0.1) is 18.3 Å². The highest BCUT2D eigenvalue weighted by molar-refractivity contribution is 5.98. The topological polar surface area (TPSA) is 54.0 Å². The van der Waals surface area contributed by atoms with Crippen LogP contribution in [0.4, 0.5) is 18.9 Å². The number of aliphatic imine (C=N–C) groups is 1. The number of nitrogens with zero attached hydrogens (tertiary/aromatic N) is 4. The minimum absolute atomic E-state index is 0.0324. The lowest BCUT2D eigenvalue weighted by Crippen LogP contribution is -2.06. The third kappa shape index (κ3) is 7.22. The quantitative estimate of drug-likeness (QED) is 0.479. The Morgan fingerprint density at radius 1 is 1.34 bits per heavy atom. The fourth-order valence-electron chi connectivity index (χ4n) is 3.02. The molecule has 154 valence electrons. The Labute approximate surface area is 169 Å². The number of allylic oxidation sites excluding steroid dienone is 2. The van der Waals surface area contributed by atoms with Crippen LogP contribution in [0.5, 0.6) is 0 Å². The monoisotopic (exact) mass is 402 g/mol. The van der Waals surface area contributed by atoms with Crippen LogP contribution in [-0.2, 0) is 6.42 Å². The van der Waals surface area contributed by atoms with Crippen molar-refractivity contribution >= 4 is 11.4 Å². The lowest BCUT2D eigenvalue weighted by Gasteiger charge is -2.10. The highest BCUT2D eigenvalue weighted by Crippen LogP contribution is 2.25. The number of rotatable bonds is 8. The molecule has 1 heterocycles. The average molecular weight is 402 g/mol. The standard InChI is InChI=1S/C22H25F3N4/c1-4-18-13-19(7-8-21(18)29-14-17(3)27-15-29)28-20(9-11-26)12-16(2)6-5-10-22(23,24)25/h7-8,12-15H,4-6,9-10H2,1-3H3/b16-12+,28-20?. The van der Waals surface area contributed by atoms with Gasteiger partial charge in [-0.3, -0.25) is 4.99 Å². The Morgan fingerprint density at radius 2 is 2.10 bits per heavy atom. The van der Waals surface area contributed by atoms with Gasteiger partial charge in [0, 0.05) is 18.3 Å². The van der Waals surface area contributed by atoms with Crippen molar-refractivity contribution in [3.8, 4) is 11.8 Å². The molecule has 1 aromatic heterocycles. The summed E-state index contributed by atoms with van der Waals surface area (Å²) in [5.74, 6) is 0. The summed E-state index contributed by atoms with van der Waals surface area (Å²) in [5.41, 5.74) is 5.08. The molecule has 0 atom stereocenters. The molecule has 0 radical (unpaired) electrons. The molecule has 0 saturated carbocycles. The molecular weight excluding hydrogens is 377 g/mol. The van der Waals surface area contributed by atoms with E-state index < -0.39 is 12.6 Å². The molecule has 29 heavy (non-hydrogen) atoms. The van der Waals surface area contributed by atoms with Crippen molar-refractivity contribution in [2.45, 2.75) is 59.1 Å². The zero-order valence-corrected chi connectivity index (χ0v) is 16.9. The third-order valence-electron chi connectivity index (χ3n) is 4.41. The fourth-order valence-corrected chi connectivity index (χ4v) is 3.02. The maximum Gasteiger partial charge on any atom is 0.389 e. The van der Waals surface area contributed by atoms with Crippen molar-refractivity contribution in [1.82, 2.24) is 9.55 Å². The van der Waals surface area contributed by atoms with Gasteiger partial charge in [0.1, 0.15) is 0 Å². The van der Waals surface area contributed by atoms with Gasteiger partial charge in [-0.2, -0.15) is 18.4 Å². The number of halogens is 3. The summed E-state index contributed by atoms with van der Waals surface area (Å²) < 4.78 is 38.9. The van der Waals surface area contributed by atoms with E-state index >= 15 is 0 Å². The highest BCUT2D eigenvalue weighted by Gasteiger charge is 2.25. The maximum atomic E-state index is 12.3. The molecule has 0 fully saturated rings. The number of hydrogen-bond donors (Lipinski definition) is 0. The van der Waals surface area contributed by atoms with Gasteiger partial charge in [-0.1, -0.05) is 12.5 Å². The van der Waals surface area contributed by atoms with Crippen molar-refractivity contribution in [3.05, 3.63) is 53.6 Å². The van der Waals surface area contributed by atoms with E-state index in [1.54, 1.807) is 19.3 Å². The summed E-state index contributed by atoms with van der Waals surface area (Å²) in [6.45, 7) is 5.75. The highest BCUT2D eigenvalue weighted by atomic mass is 19.4. The number of aryl methyl sites for hydroxylation is 2. The maximum absolute atomic E-state index is 12.3. The summed E-state index contributed by atoms with van der Waals surface area (Å²) >= 11 is 0. The Bertz CT molecular complexity index is 930. The van der Waals surface area contributed by atoms with Crippen molar-refractivity contribution in [3.63, 3.8) is 0 Å². The lowest BCUT2D eigenvalue weighted by molar-refractivity contribution is -0.135. The van der Waals surface area contributed by atoms with Gasteiger partial charge in [0.2, 0.25) is 0 Å². The molecule has 0 spiro atoms. The summed E-state index contributed by atoms with van der Waals surface area (Å²) in [6.07, 6.45) is 1.74. The molecule has 0 aliphatic heterocycles. The second kappa shape index (κ2) is 10.1. The molecule has 0 unspecified atom stereocenters. The van der Waals surface area contributed by atoms with Crippen LogP contribution >= 0.6 is 0 Å². The predicted molar refractivity (Wildman–Crippen MR) is 109 cm³/mol. The number of benzene rings is 1. The number of alkyl halides is 3. The van der Waals surface area contributed by atoms with Crippen molar-refractivity contribution in [1.29, 1.82) is 5.26 Å². The molecule has 1 aromatic carbocycles. The van der Waals surface area contributed by atoms with Crippen LogP contribution in [0.2, 0.25) is 0 Å². The van der Waals surface area contributed by atoms with E-state index in [2.05, 4.69) is 23.0 Å². The van der Waals surface area contributed by atoms with Crippen LogP contribution in [0.1, 0.15) is 50.8 Å². The third-order valence-corrected chi connectivity index (χ3v) is 4.41. The average Bonchev–Trinajstić information content (AvgIpc) is 3.06. The van der Waals surface area contributed by atoms with Crippen LogP contribution in [0.15, 0.2) is 47.4 Å². The van der Waals surface area contributed by atoms with Gasteiger partial charge < -0.3 is 4.57 Å². The van der Waals surface area contributed by atoms with E-state index in [9.17, 15) is 13.2 Å². The second-order valence-electron chi connectivity index (χ2n) is 6.99. The Morgan fingerprint density at radius 3 is 2.69 bits per heavy atom. The normalized spacial score (nSPS) is 12.9. The number of aromatic nitrogens is 2. The van der Waals surface area contributed by atoms with E-state index in [1.165, 1.54) is 0 Å². The summed E-state index contributed by atoms with van der Waals surface area (Å²) in [6, 6.07) is 7.87. The van der Waals surface area contributed by atoms with Crippen LogP contribution in [0.25, 0.3) is 5.69 Å². The first-order valence-corrected chi connectivity index (χ1v) is 9.54. The first-order valence-electron chi connectivity index (χ1n) is 9.54. The van der Waals surface area contributed by atoms with Crippen LogP contribution in [0.3, 0.4) is 0 Å². The first kappa shape index (κ1) is 22.4. The molecule has 0 saturated heterocycles. The van der Waals surface area contributed by atoms with E-state index in [-0.39, 0.29) is 12.8 Å². The Hall–Kier alpha value is -2.88. The van der Waals surface area contributed by atoms with Crippen LogP contribution in [-0.4, -0.2) is 21.4 Å². The molecule has 2 rings (SSSR count). The number of imidazole rings is 1. The molecule has 4 nitrogen and oxygen atoms in total. The molecule has 0 aliphatic rings. The molecule has 0 N–H and O–H groups in total. The molecule has 0 amide bonds. The van der Waals surface area contributed by atoms with Gasteiger partial charge in [-0.15, -0.1) is 0 Å². The predicted octanol–water partition coefficient (Wildman–Crippen LogP) is 6.41. The SMILES string of the molecule is CCc1cc(N=C(/C=C(\C)CCCC(F)(F)F)CC#N)ccc1-n1cnc(C)c1. The molecule has 2 aromatic rings. The Balaban J connectivity index is 2.23. The zero-order valence-electron chi connectivity index (χ0n) is 16.9. The van der Waals surface area contributed by atoms with Crippen molar-refractivity contribution in [2.75, 3.05) is 0 Å². The van der Waals surface area contributed by atoms with E-state index in [0.717, 1.165) is 28.9 Å². The first-order chi connectivity index (χ1) is 13.7. The van der Waals surface area contributed by atoms with Gasteiger partial charge in [-0.25, -0.2) is 4.98 Å². The van der Waals surface area contributed by atoms with Gasteiger partial charge >= 0.3 is 6.18 Å². The minimum Gasteiger partial charge on any atom is -0.306 e. The number of nitriles is 1. The lowest BCUT2D eigenvalue weighted by atomic mass is 10.1. The van der Waals surface area contributed by atoms with Gasteiger partial charge in [0.25, 0.3) is 0 Å². The summed E-state index contributed by atoms with van der Waals surface area (Å²) in [7, 11) is 0.